The molecule has 0 aromatic heterocycles. The summed E-state index contributed by atoms with van der Waals surface area (Å²) in [5.74, 6) is -0.798. The first-order valence-corrected chi connectivity index (χ1v) is 14.7. The van der Waals surface area contributed by atoms with Gasteiger partial charge in [0.2, 0.25) is 0 Å². The Bertz CT molecular complexity index is 1560. The van der Waals surface area contributed by atoms with Crippen molar-refractivity contribution in [3.8, 4) is 22.6 Å². The molecule has 0 atom stereocenters. The highest BCUT2D eigenvalue weighted by Crippen LogP contribution is 2.28. The SMILES string of the molecule is CC(=CCOc1ccc(CC(=O)O)cc1Cl)c1ccc(-c2ccc(C(C)=CCOc3ccc(CC(=O)O)cc3Cl)cc2)cc1. The largest absolute Gasteiger partial charge is 0.488 e. The van der Waals surface area contributed by atoms with E-state index in [0.29, 0.717) is 45.9 Å². The van der Waals surface area contributed by atoms with Gasteiger partial charge in [0.15, 0.2) is 0 Å². The number of carboxylic acid groups (broad SMARTS) is 2. The van der Waals surface area contributed by atoms with E-state index in [-0.39, 0.29) is 12.8 Å². The minimum absolute atomic E-state index is 0.0853. The van der Waals surface area contributed by atoms with Crippen molar-refractivity contribution in [1.82, 2.24) is 0 Å². The van der Waals surface area contributed by atoms with E-state index in [0.717, 1.165) is 33.4 Å². The molecule has 0 spiro atoms. The molecule has 0 aliphatic heterocycles. The summed E-state index contributed by atoms with van der Waals surface area (Å²) in [6.45, 7) is 4.70. The second-order valence-corrected chi connectivity index (χ2v) is 11.0. The van der Waals surface area contributed by atoms with Crippen LogP contribution in [0.2, 0.25) is 10.0 Å². The first kappa shape index (κ1) is 32.4. The van der Waals surface area contributed by atoms with E-state index in [1.54, 1.807) is 36.4 Å². The molecular formula is C36H32Cl2O6. The van der Waals surface area contributed by atoms with Crippen LogP contribution in [0.1, 0.15) is 36.1 Å². The summed E-state index contributed by atoms with van der Waals surface area (Å²) in [5, 5.41) is 18.6. The molecular weight excluding hydrogens is 599 g/mol. The summed E-state index contributed by atoms with van der Waals surface area (Å²) in [6.07, 6.45) is 3.79. The fourth-order valence-electron chi connectivity index (χ4n) is 4.49. The summed E-state index contributed by atoms with van der Waals surface area (Å²) in [5.41, 5.74) is 7.72. The second kappa shape index (κ2) is 15.3. The van der Waals surface area contributed by atoms with Gasteiger partial charge in [0.05, 0.1) is 22.9 Å². The number of carboxylic acids is 2. The maximum Gasteiger partial charge on any atom is 0.307 e. The van der Waals surface area contributed by atoms with E-state index in [4.69, 9.17) is 42.9 Å². The minimum atomic E-state index is -0.908. The van der Waals surface area contributed by atoms with Gasteiger partial charge in [-0.2, -0.15) is 0 Å². The second-order valence-electron chi connectivity index (χ2n) is 10.2. The lowest BCUT2D eigenvalue weighted by atomic mass is 9.98. The van der Waals surface area contributed by atoms with E-state index in [2.05, 4.69) is 48.5 Å². The van der Waals surface area contributed by atoms with Crippen molar-refractivity contribution in [3.05, 3.63) is 129 Å². The van der Waals surface area contributed by atoms with Crippen molar-refractivity contribution in [3.63, 3.8) is 0 Å². The summed E-state index contributed by atoms with van der Waals surface area (Å²) in [6, 6.07) is 26.7. The molecule has 0 saturated carbocycles. The highest BCUT2D eigenvalue weighted by Gasteiger charge is 2.08. The average molecular weight is 632 g/mol. The van der Waals surface area contributed by atoms with Gasteiger partial charge in [0, 0.05) is 0 Å². The minimum Gasteiger partial charge on any atom is -0.488 e. The number of rotatable bonds is 13. The Hall–Kier alpha value is -4.52. The molecule has 2 N–H and O–H groups in total. The number of aliphatic carboxylic acids is 2. The fourth-order valence-corrected chi connectivity index (χ4v) is 5.01. The Kier molecular flexibility index (Phi) is 11.2. The summed E-state index contributed by atoms with van der Waals surface area (Å²) in [7, 11) is 0. The maximum absolute atomic E-state index is 10.9. The fraction of sp³-hybridized carbons (Fsp3) is 0.167. The third-order valence-electron chi connectivity index (χ3n) is 6.97. The van der Waals surface area contributed by atoms with Gasteiger partial charge in [0.25, 0.3) is 0 Å². The number of ether oxygens (including phenoxy) is 2. The molecule has 0 aliphatic carbocycles. The molecule has 0 amide bonds. The van der Waals surface area contributed by atoms with Crippen LogP contribution in [0.15, 0.2) is 97.1 Å². The van der Waals surface area contributed by atoms with E-state index >= 15 is 0 Å². The van der Waals surface area contributed by atoms with Crippen molar-refractivity contribution >= 4 is 46.3 Å². The van der Waals surface area contributed by atoms with E-state index in [1.807, 2.05) is 26.0 Å². The molecule has 0 aliphatic rings. The van der Waals surface area contributed by atoms with Crippen LogP contribution < -0.4 is 9.47 Å². The molecule has 0 heterocycles. The topological polar surface area (TPSA) is 93.1 Å². The first-order valence-electron chi connectivity index (χ1n) is 13.9. The van der Waals surface area contributed by atoms with Crippen molar-refractivity contribution in [1.29, 1.82) is 0 Å². The van der Waals surface area contributed by atoms with Gasteiger partial charge < -0.3 is 19.7 Å². The van der Waals surface area contributed by atoms with Crippen molar-refractivity contribution in [2.45, 2.75) is 26.7 Å². The average Bonchev–Trinajstić information content (AvgIpc) is 2.99. The van der Waals surface area contributed by atoms with Crippen molar-refractivity contribution < 1.29 is 29.3 Å². The zero-order valence-corrected chi connectivity index (χ0v) is 25.9. The summed E-state index contributed by atoms with van der Waals surface area (Å²) >= 11 is 12.5. The van der Waals surface area contributed by atoms with Crippen LogP contribution in [-0.2, 0) is 22.4 Å². The van der Waals surface area contributed by atoms with Crippen LogP contribution in [0.5, 0.6) is 11.5 Å². The lowest BCUT2D eigenvalue weighted by Gasteiger charge is -2.10. The molecule has 44 heavy (non-hydrogen) atoms. The molecule has 4 aromatic carbocycles. The van der Waals surface area contributed by atoms with Gasteiger partial charge in [-0.15, -0.1) is 0 Å². The third kappa shape index (κ3) is 9.24. The predicted octanol–water partition coefficient (Wildman–Crippen LogP) is 8.88. The normalized spacial score (nSPS) is 11.7. The number of hydrogen-bond acceptors (Lipinski definition) is 4. The molecule has 0 radical (unpaired) electrons. The number of benzene rings is 4. The Balaban J connectivity index is 1.31. The number of halogens is 2. The van der Waals surface area contributed by atoms with Crippen LogP contribution in [0.4, 0.5) is 0 Å². The Morgan fingerprint density at radius 1 is 0.614 bits per heavy atom. The molecule has 8 heteroatoms. The van der Waals surface area contributed by atoms with Crippen molar-refractivity contribution in [2.75, 3.05) is 13.2 Å². The van der Waals surface area contributed by atoms with Gasteiger partial charge in [-0.1, -0.05) is 83.9 Å². The summed E-state index contributed by atoms with van der Waals surface area (Å²) in [4.78, 5) is 21.8. The van der Waals surface area contributed by atoms with E-state index in [9.17, 15) is 9.59 Å². The van der Waals surface area contributed by atoms with Gasteiger partial charge in [0.1, 0.15) is 24.7 Å². The zero-order chi connectivity index (χ0) is 31.6. The molecule has 226 valence electrons. The molecule has 0 fully saturated rings. The number of carbonyl (C=O) groups is 2. The third-order valence-corrected chi connectivity index (χ3v) is 7.56. The summed E-state index contributed by atoms with van der Waals surface area (Å²) < 4.78 is 11.6. The van der Waals surface area contributed by atoms with Crippen molar-refractivity contribution in [2.24, 2.45) is 0 Å². The zero-order valence-electron chi connectivity index (χ0n) is 24.3. The van der Waals surface area contributed by atoms with Crippen LogP contribution in [0.3, 0.4) is 0 Å². The van der Waals surface area contributed by atoms with Gasteiger partial charge >= 0.3 is 11.9 Å². The lowest BCUT2D eigenvalue weighted by molar-refractivity contribution is -0.137. The Morgan fingerprint density at radius 3 is 1.30 bits per heavy atom. The molecule has 0 bridgehead atoms. The van der Waals surface area contributed by atoms with Crippen LogP contribution in [0.25, 0.3) is 22.3 Å². The van der Waals surface area contributed by atoms with Gasteiger partial charge in [-0.3, -0.25) is 9.59 Å². The highest BCUT2D eigenvalue weighted by atomic mass is 35.5. The molecule has 0 unspecified atom stereocenters. The number of allylic oxidation sites excluding steroid dienone is 2. The Labute approximate surface area is 266 Å². The monoisotopic (exact) mass is 630 g/mol. The predicted molar refractivity (Wildman–Crippen MR) is 176 cm³/mol. The maximum atomic E-state index is 10.9. The van der Waals surface area contributed by atoms with E-state index < -0.39 is 11.9 Å². The van der Waals surface area contributed by atoms with E-state index in [1.165, 1.54) is 0 Å². The Morgan fingerprint density at radius 2 is 0.977 bits per heavy atom. The van der Waals surface area contributed by atoms with Crippen LogP contribution in [0, 0.1) is 0 Å². The van der Waals surface area contributed by atoms with Gasteiger partial charge in [-0.25, -0.2) is 0 Å². The standard InChI is InChI=1S/C36H32Cl2O6/c1-23(15-17-43-33-13-3-25(19-31(33)37)21-35(39)40)27-5-9-29(10-6-27)30-11-7-28(8-12-30)24(2)16-18-44-34-14-4-26(20-32(34)38)22-36(41)42/h3-16,19-20H,17-18,21-22H2,1-2H3,(H,39,40)(H,41,42). The first-order chi connectivity index (χ1) is 21.1. The lowest BCUT2D eigenvalue weighted by Crippen LogP contribution is -2.01. The van der Waals surface area contributed by atoms with Gasteiger partial charge in [-0.05, 0) is 94.8 Å². The highest BCUT2D eigenvalue weighted by molar-refractivity contribution is 6.32. The number of hydrogen-bond donors (Lipinski definition) is 2. The molecule has 0 saturated heterocycles. The molecule has 4 rings (SSSR count). The smallest absolute Gasteiger partial charge is 0.307 e. The van der Waals surface area contributed by atoms with Crippen LogP contribution >= 0.6 is 23.2 Å². The molecule has 4 aromatic rings. The quantitative estimate of drug-likeness (QED) is 0.153. The van der Waals surface area contributed by atoms with Crippen LogP contribution in [-0.4, -0.2) is 35.4 Å². The molecule has 6 nitrogen and oxygen atoms in total.